The number of aromatic nitrogens is 2. The van der Waals surface area contributed by atoms with Crippen molar-refractivity contribution < 1.29 is 37.5 Å². The van der Waals surface area contributed by atoms with Crippen LogP contribution in [-0.4, -0.2) is 76.7 Å². The lowest BCUT2D eigenvalue weighted by Crippen LogP contribution is -2.50. The summed E-state index contributed by atoms with van der Waals surface area (Å²) in [5.74, 6) is -1.06. The summed E-state index contributed by atoms with van der Waals surface area (Å²) >= 11 is 6.47. The summed E-state index contributed by atoms with van der Waals surface area (Å²) < 4.78 is 46.3. The van der Waals surface area contributed by atoms with Crippen LogP contribution >= 0.6 is 11.6 Å². The highest BCUT2D eigenvalue weighted by molar-refractivity contribution is 7.92. The minimum absolute atomic E-state index is 0.00739. The van der Waals surface area contributed by atoms with E-state index in [9.17, 15) is 18.6 Å². The number of carbonyl (C=O) groups excluding carboxylic acids is 3. The number of fused-ring (bicyclic) bond motifs is 4. The van der Waals surface area contributed by atoms with E-state index in [0.29, 0.717) is 36.9 Å². The molecule has 4 aliphatic rings. The maximum Gasteiger partial charge on any atom is 0.509 e. The number of ether oxygens (including phenoxy) is 4. The van der Waals surface area contributed by atoms with Crippen LogP contribution in [0.3, 0.4) is 0 Å². The van der Waals surface area contributed by atoms with Gasteiger partial charge in [-0.2, -0.15) is 0 Å². The number of allylic oxidation sites excluding steroid dienone is 1. The second kappa shape index (κ2) is 16.1. The Labute approximate surface area is 333 Å². The van der Waals surface area contributed by atoms with E-state index in [4.69, 9.17) is 30.5 Å². The van der Waals surface area contributed by atoms with Gasteiger partial charge in [0.25, 0.3) is 11.8 Å². The van der Waals surface area contributed by atoms with Gasteiger partial charge in [0.05, 0.1) is 31.3 Å². The lowest BCUT2D eigenvalue weighted by atomic mass is 9.68. The van der Waals surface area contributed by atoms with Crippen LogP contribution in [0.4, 0.5) is 10.5 Å². The van der Waals surface area contributed by atoms with E-state index in [1.807, 2.05) is 25.1 Å². The highest BCUT2D eigenvalue weighted by Crippen LogP contribution is 2.47. The second-order valence-electron chi connectivity index (χ2n) is 15.9. The number of halogens is 1. The summed E-state index contributed by atoms with van der Waals surface area (Å²) in [7, 11) is -0.677. The molecule has 0 saturated heterocycles. The molecule has 1 spiro atoms. The van der Waals surface area contributed by atoms with Crippen molar-refractivity contribution in [3.8, 4) is 11.6 Å². The lowest BCUT2D eigenvalue weighted by Gasteiger charge is -2.45. The monoisotopic (exact) mass is 807 g/mol. The minimum Gasteiger partial charge on any atom is -0.490 e. The van der Waals surface area contributed by atoms with Gasteiger partial charge in [-0.05, 0) is 112 Å². The Bertz CT molecular complexity index is 2160. The fraction of sp³-hybridized carbons (Fsp3) is 0.512. The predicted octanol–water partition coefficient (Wildman–Crippen LogP) is 7.06. The average Bonchev–Trinajstić information content (AvgIpc) is 3.44. The highest BCUT2D eigenvalue weighted by Gasteiger charge is 2.45. The third kappa shape index (κ3) is 8.41. The van der Waals surface area contributed by atoms with Gasteiger partial charge in [0.1, 0.15) is 27.3 Å². The van der Waals surface area contributed by atoms with E-state index >= 15 is 0 Å². The lowest BCUT2D eigenvalue weighted by molar-refractivity contribution is -0.0242. The van der Waals surface area contributed by atoms with E-state index in [0.717, 1.165) is 37.8 Å². The van der Waals surface area contributed by atoms with Crippen LogP contribution < -0.4 is 19.1 Å². The fourth-order valence-corrected chi connectivity index (χ4v) is 10.6. The number of hydrogen-bond acceptors (Lipinski definition) is 10. The van der Waals surface area contributed by atoms with Gasteiger partial charge in [-0.15, -0.1) is 9.46 Å². The van der Waals surface area contributed by atoms with Crippen LogP contribution in [0.2, 0.25) is 5.02 Å². The molecule has 7 rings (SSSR count). The molecule has 2 aliphatic carbocycles. The third-order valence-electron chi connectivity index (χ3n) is 11.3. The maximum atomic E-state index is 14.7. The van der Waals surface area contributed by atoms with Crippen molar-refractivity contribution in [3.63, 3.8) is 0 Å². The van der Waals surface area contributed by atoms with Crippen molar-refractivity contribution >= 4 is 45.2 Å². The average molecular weight is 808 g/mol. The topological polar surface area (TPSA) is 151 Å². The Morgan fingerprint density at radius 2 is 1.98 bits per heavy atom. The molecule has 3 heterocycles. The van der Waals surface area contributed by atoms with E-state index < -0.39 is 34.0 Å². The van der Waals surface area contributed by atoms with Crippen LogP contribution in [0.5, 0.6) is 11.6 Å². The van der Waals surface area contributed by atoms with Crippen LogP contribution in [0.25, 0.3) is 0 Å². The Morgan fingerprint density at radius 1 is 1.16 bits per heavy atom. The number of rotatable bonds is 5. The minimum atomic E-state index is -3.69. The van der Waals surface area contributed by atoms with Crippen molar-refractivity contribution in [2.75, 3.05) is 37.5 Å². The molecule has 2 aliphatic heterocycles. The first kappa shape index (κ1) is 39.7. The molecule has 1 aromatic heterocycles. The van der Waals surface area contributed by atoms with Crippen molar-refractivity contribution in [1.29, 1.82) is 0 Å². The molecule has 2 bridgehead atoms. The first-order valence-corrected chi connectivity index (χ1v) is 21.3. The number of nitrogens with zero attached hydrogens (tertiary/aromatic N) is 4. The Morgan fingerprint density at radius 3 is 2.73 bits per heavy atom. The van der Waals surface area contributed by atoms with Crippen molar-refractivity contribution in [3.05, 3.63) is 82.0 Å². The first-order chi connectivity index (χ1) is 26.7. The van der Waals surface area contributed by atoms with Gasteiger partial charge in [0.2, 0.25) is 5.88 Å². The molecule has 13 nitrogen and oxygen atoms in total. The Balaban J connectivity index is 1.31. The summed E-state index contributed by atoms with van der Waals surface area (Å²) in [6, 6.07) is 11.3. The van der Waals surface area contributed by atoms with Gasteiger partial charge in [-0.25, -0.2) is 9.00 Å². The zero-order chi connectivity index (χ0) is 39.8. The standard InChI is InChI=1S/C41H50ClN5O8S/c1-25(2)54-40(50)55-35-10-6-8-26(3)22-56(51,45-38(49)32-21-46(4)43-39(32)52-5)44-37(48)28-12-16-36-34(19-28)47(20-29-11-14-31(29)35)23-41(24-53-36)17-7-9-27-18-30(42)13-15-33(27)41/h6,10,12-13,15-16,18-19,21,25-26,29,31,35H,7-9,11,14,17,20,22-24H2,1-5H3,(H,44,45,48,49,51)/b10-6+/t26-,29-,31+,35-,41-,56-/m0/s1. The summed E-state index contributed by atoms with van der Waals surface area (Å²) in [6.07, 6.45) is 8.61. The second-order valence-corrected chi connectivity index (χ2v) is 18.4. The number of benzene rings is 2. The van der Waals surface area contributed by atoms with Crippen molar-refractivity contribution in [1.82, 2.24) is 14.5 Å². The zero-order valence-corrected chi connectivity index (χ0v) is 34.1. The van der Waals surface area contributed by atoms with Crippen molar-refractivity contribution in [2.45, 2.75) is 76.9 Å². The molecule has 15 heteroatoms. The van der Waals surface area contributed by atoms with E-state index in [1.54, 1.807) is 39.1 Å². The number of amides is 2. The fourth-order valence-electron chi connectivity index (χ4n) is 8.55. The van der Waals surface area contributed by atoms with Crippen LogP contribution in [0.15, 0.2) is 59.1 Å². The Hall–Kier alpha value is -4.56. The summed E-state index contributed by atoms with van der Waals surface area (Å²) in [4.78, 5) is 42.9. The normalized spacial score (nSPS) is 28.1. The predicted molar refractivity (Wildman–Crippen MR) is 213 cm³/mol. The highest BCUT2D eigenvalue weighted by atomic mass is 35.5. The molecule has 3 aromatic rings. The Kier molecular flexibility index (Phi) is 11.4. The van der Waals surface area contributed by atoms with Gasteiger partial charge < -0.3 is 23.8 Å². The summed E-state index contributed by atoms with van der Waals surface area (Å²) in [5.41, 5.74) is 3.05. The van der Waals surface area contributed by atoms with Gasteiger partial charge >= 0.3 is 6.16 Å². The van der Waals surface area contributed by atoms with Gasteiger partial charge in [-0.1, -0.05) is 30.7 Å². The molecule has 2 aromatic carbocycles. The quantitative estimate of drug-likeness (QED) is 0.210. The molecule has 1 N–H and O–H groups in total. The molecule has 56 heavy (non-hydrogen) atoms. The number of nitrogens with one attached hydrogen (secondary N) is 1. The van der Waals surface area contributed by atoms with Gasteiger partial charge in [0, 0.05) is 48.3 Å². The van der Waals surface area contributed by atoms with Crippen LogP contribution in [0.1, 0.15) is 84.7 Å². The van der Waals surface area contributed by atoms with Gasteiger partial charge in [-0.3, -0.25) is 19.0 Å². The van der Waals surface area contributed by atoms with E-state index in [1.165, 1.54) is 29.1 Å². The molecule has 300 valence electrons. The molecular formula is C41H50ClN5O8S. The largest absolute Gasteiger partial charge is 0.509 e. The number of anilines is 1. The number of carbonyl (C=O) groups is 3. The molecule has 1 saturated carbocycles. The van der Waals surface area contributed by atoms with Crippen LogP contribution in [-0.2, 0) is 38.3 Å². The maximum absolute atomic E-state index is 14.7. The first-order valence-electron chi connectivity index (χ1n) is 19.3. The van der Waals surface area contributed by atoms with Crippen LogP contribution in [0, 0.1) is 17.8 Å². The number of methoxy groups -OCH3 is 1. The molecule has 2 amide bonds. The molecular weight excluding hydrogens is 758 g/mol. The van der Waals surface area contributed by atoms with E-state index in [2.05, 4.69) is 31.2 Å². The molecule has 0 unspecified atom stereocenters. The zero-order valence-electron chi connectivity index (χ0n) is 32.5. The summed E-state index contributed by atoms with van der Waals surface area (Å²) in [6.45, 7) is 7.08. The smallest absolute Gasteiger partial charge is 0.490 e. The number of hydrogen-bond donors (Lipinski definition) is 1. The summed E-state index contributed by atoms with van der Waals surface area (Å²) in [5, 5.41) is 4.84. The molecule has 1 fully saturated rings. The van der Waals surface area contributed by atoms with E-state index in [-0.39, 0.29) is 52.0 Å². The van der Waals surface area contributed by atoms with Crippen molar-refractivity contribution in [2.24, 2.45) is 29.2 Å². The molecule has 0 radical (unpaired) electrons. The van der Waals surface area contributed by atoms with Gasteiger partial charge in [0.15, 0.2) is 0 Å². The SMILES string of the molecule is COc1nn(C)cc1C(=O)N[S@@]1(=O)=NC(=O)c2ccc3c(c2)N(C[C@@H]2CC[C@H]2[C@@H](OC(=O)OC(C)C)/C=C/C[C@H](C)C1)C[C@@]1(CCCc2cc(Cl)ccc21)CO3. The molecule has 6 atom stereocenters. The number of aryl methyl sites for hydroxylation is 2. The third-order valence-corrected chi connectivity index (χ3v) is 13.5.